The van der Waals surface area contributed by atoms with Crippen molar-refractivity contribution in [3.05, 3.63) is 35.4 Å². The fourth-order valence-corrected chi connectivity index (χ4v) is 2.92. The number of aryl methyl sites for hydroxylation is 1. The van der Waals surface area contributed by atoms with E-state index >= 15 is 0 Å². The highest BCUT2D eigenvalue weighted by Crippen LogP contribution is 2.16. The van der Waals surface area contributed by atoms with Gasteiger partial charge in [0.25, 0.3) is 0 Å². The summed E-state index contributed by atoms with van der Waals surface area (Å²) in [5.41, 5.74) is 2.77. The van der Waals surface area contributed by atoms with Crippen molar-refractivity contribution in [3.8, 4) is 0 Å². The highest BCUT2D eigenvalue weighted by molar-refractivity contribution is 5.22. The molecule has 0 aliphatic carbocycles. The van der Waals surface area contributed by atoms with Crippen molar-refractivity contribution in [1.29, 1.82) is 0 Å². The predicted molar refractivity (Wildman–Crippen MR) is 77.7 cm³/mol. The van der Waals surface area contributed by atoms with E-state index in [1.807, 2.05) is 0 Å². The first-order chi connectivity index (χ1) is 8.63. The molecule has 0 saturated carbocycles. The van der Waals surface area contributed by atoms with Crippen molar-refractivity contribution in [2.24, 2.45) is 5.92 Å². The molecule has 2 heteroatoms. The molecule has 1 fully saturated rings. The third-order valence-electron chi connectivity index (χ3n) is 3.82. The van der Waals surface area contributed by atoms with Gasteiger partial charge in [0.05, 0.1) is 0 Å². The fraction of sp³-hybridized carbons (Fsp3) is 0.625. The number of rotatable bonds is 4. The van der Waals surface area contributed by atoms with Crippen LogP contribution in [0.3, 0.4) is 0 Å². The summed E-state index contributed by atoms with van der Waals surface area (Å²) in [7, 11) is 2.23. The SMILES string of the molecule is Cc1cccc(CN(C)CC2CC(C)CCN2)c1. The van der Waals surface area contributed by atoms with Gasteiger partial charge < -0.3 is 10.2 Å². The number of hydrogen-bond donors (Lipinski definition) is 1. The minimum Gasteiger partial charge on any atom is -0.313 e. The Bertz CT molecular complexity index is 375. The number of hydrogen-bond acceptors (Lipinski definition) is 2. The van der Waals surface area contributed by atoms with E-state index in [0.717, 1.165) is 19.0 Å². The molecule has 2 atom stereocenters. The Morgan fingerprint density at radius 2 is 2.22 bits per heavy atom. The standard InChI is InChI=1S/C16H26N2/c1-13-5-4-6-15(9-13)11-18(3)12-16-10-14(2)7-8-17-16/h4-6,9,14,16-17H,7-8,10-12H2,1-3H3. The Morgan fingerprint density at radius 1 is 1.39 bits per heavy atom. The molecule has 2 unspecified atom stereocenters. The van der Waals surface area contributed by atoms with E-state index in [9.17, 15) is 0 Å². The van der Waals surface area contributed by atoms with Crippen LogP contribution < -0.4 is 5.32 Å². The number of benzene rings is 1. The Kier molecular flexibility index (Phi) is 4.79. The molecule has 0 radical (unpaired) electrons. The summed E-state index contributed by atoms with van der Waals surface area (Å²) < 4.78 is 0. The van der Waals surface area contributed by atoms with E-state index < -0.39 is 0 Å². The molecule has 0 spiro atoms. The third kappa shape index (κ3) is 4.11. The lowest BCUT2D eigenvalue weighted by molar-refractivity contribution is 0.230. The molecule has 0 bridgehead atoms. The average molecular weight is 246 g/mol. The topological polar surface area (TPSA) is 15.3 Å². The summed E-state index contributed by atoms with van der Waals surface area (Å²) in [5.74, 6) is 0.878. The minimum atomic E-state index is 0.670. The molecular weight excluding hydrogens is 220 g/mol. The van der Waals surface area contributed by atoms with Crippen LogP contribution in [0.5, 0.6) is 0 Å². The number of nitrogens with one attached hydrogen (secondary N) is 1. The summed E-state index contributed by atoms with van der Waals surface area (Å²) in [6.07, 6.45) is 2.65. The van der Waals surface area contributed by atoms with Crippen molar-refractivity contribution in [2.45, 2.75) is 39.3 Å². The maximum Gasteiger partial charge on any atom is 0.0231 e. The van der Waals surface area contributed by atoms with Crippen LogP contribution >= 0.6 is 0 Å². The van der Waals surface area contributed by atoms with Gasteiger partial charge in [0, 0.05) is 19.1 Å². The van der Waals surface area contributed by atoms with Crippen molar-refractivity contribution in [3.63, 3.8) is 0 Å². The molecule has 0 aromatic heterocycles. The Labute approximate surface area is 111 Å². The lowest BCUT2D eigenvalue weighted by Crippen LogP contribution is -2.44. The van der Waals surface area contributed by atoms with E-state index in [1.54, 1.807) is 0 Å². The fourth-order valence-electron chi connectivity index (χ4n) is 2.92. The molecule has 1 aliphatic rings. The molecule has 1 heterocycles. The zero-order valence-electron chi connectivity index (χ0n) is 11.9. The van der Waals surface area contributed by atoms with Crippen LogP contribution in [0, 0.1) is 12.8 Å². The second-order valence-electron chi connectivity index (χ2n) is 5.97. The quantitative estimate of drug-likeness (QED) is 0.879. The van der Waals surface area contributed by atoms with Crippen molar-refractivity contribution in [1.82, 2.24) is 10.2 Å². The van der Waals surface area contributed by atoms with E-state index in [-0.39, 0.29) is 0 Å². The second kappa shape index (κ2) is 6.35. The molecular formula is C16H26N2. The molecule has 1 aliphatic heterocycles. The third-order valence-corrected chi connectivity index (χ3v) is 3.82. The van der Waals surface area contributed by atoms with Gasteiger partial charge in [0.2, 0.25) is 0 Å². The highest BCUT2D eigenvalue weighted by atomic mass is 15.1. The average Bonchev–Trinajstić information content (AvgIpc) is 2.28. The lowest BCUT2D eigenvalue weighted by Gasteiger charge is -2.31. The number of piperidine rings is 1. The molecule has 1 N–H and O–H groups in total. The predicted octanol–water partition coefficient (Wildman–Crippen LogP) is 2.81. The van der Waals surface area contributed by atoms with Gasteiger partial charge >= 0.3 is 0 Å². The van der Waals surface area contributed by atoms with Crippen LogP contribution in [0.25, 0.3) is 0 Å². The summed E-state index contributed by atoms with van der Waals surface area (Å²) in [6.45, 7) is 7.92. The van der Waals surface area contributed by atoms with Crippen LogP contribution in [0.4, 0.5) is 0 Å². The maximum absolute atomic E-state index is 3.64. The second-order valence-corrected chi connectivity index (χ2v) is 5.97. The normalized spacial score (nSPS) is 24.4. The molecule has 1 aromatic carbocycles. The van der Waals surface area contributed by atoms with Crippen LogP contribution in [0.15, 0.2) is 24.3 Å². The van der Waals surface area contributed by atoms with E-state index in [1.165, 1.54) is 30.5 Å². The van der Waals surface area contributed by atoms with Crippen molar-refractivity contribution < 1.29 is 0 Å². The molecule has 2 rings (SSSR count). The largest absolute Gasteiger partial charge is 0.313 e. The molecule has 1 aromatic rings. The van der Waals surface area contributed by atoms with E-state index in [4.69, 9.17) is 0 Å². The van der Waals surface area contributed by atoms with E-state index in [0.29, 0.717) is 6.04 Å². The van der Waals surface area contributed by atoms with Crippen LogP contribution in [-0.2, 0) is 6.54 Å². The number of nitrogens with zero attached hydrogens (tertiary/aromatic N) is 1. The van der Waals surface area contributed by atoms with Crippen LogP contribution in [-0.4, -0.2) is 31.1 Å². The smallest absolute Gasteiger partial charge is 0.0231 e. The van der Waals surface area contributed by atoms with Crippen molar-refractivity contribution >= 4 is 0 Å². The summed E-state index contributed by atoms with van der Waals surface area (Å²) in [5, 5.41) is 3.64. The van der Waals surface area contributed by atoms with Gasteiger partial charge in [-0.2, -0.15) is 0 Å². The van der Waals surface area contributed by atoms with Gasteiger partial charge in [-0.15, -0.1) is 0 Å². The van der Waals surface area contributed by atoms with E-state index in [2.05, 4.69) is 55.4 Å². The summed E-state index contributed by atoms with van der Waals surface area (Å²) in [6, 6.07) is 9.49. The molecule has 18 heavy (non-hydrogen) atoms. The van der Waals surface area contributed by atoms with Gasteiger partial charge in [-0.25, -0.2) is 0 Å². The lowest BCUT2D eigenvalue weighted by atomic mass is 9.94. The zero-order valence-corrected chi connectivity index (χ0v) is 11.9. The highest BCUT2D eigenvalue weighted by Gasteiger charge is 2.19. The first kappa shape index (κ1) is 13.6. The van der Waals surface area contributed by atoms with Gasteiger partial charge in [-0.3, -0.25) is 0 Å². The van der Waals surface area contributed by atoms with Crippen LogP contribution in [0.1, 0.15) is 30.9 Å². The summed E-state index contributed by atoms with van der Waals surface area (Å²) >= 11 is 0. The Hall–Kier alpha value is -0.860. The molecule has 1 saturated heterocycles. The zero-order chi connectivity index (χ0) is 13.0. The molecule has 100 valence electrons. The molecule has 0 amide bonds. The van der Waals surface area contributed by atoms with Gasteiger partial charge in [0.1, 0.15) is 0 Å². The molecule has 2 nitrogen and oxygen atoms in total. The minimum absolute atomic E-state index is 0.670. The summed E-state index contributed by atoms with van der Waals surface area (Å²) in [4.78, 5) is 2.44. The number of likely N-dealkylation sites (N-methyl/N-ethyl adjacent to an activating group) is 1. The monoisotopic (exact) mass is 246 g/mol. The Morgan fingerprint density at radius 3 is 2.94 bits per heavy atom. The Balaban J connectivity index is 1.82. The van der Waals surface area contributed by atoms with Gasteiger partial charge in [-0.05, 0) is 44.8 Å². The van der Waals surface area contributed by atoms with Crippen LogP contribution in [0.2, 0.25) is 0 Å². The maximum atomic E-state index is 3.64. The first-order valence-corrected chi connectivity index (χ1v) is 7.11. The first-order valence-electron chi connectivity index (χ1n) is 7.11. The van der Waals surface area contributed by atoms with Gasteiger partial charge in [-0.1, -0.05) is 36.8 Å². The van der Waals surface area contributed by atoms with Crippen molar-refractivity contribution in [2.75, 3.05) is 20.1 Å². The van der Waals surface area contributed by atoms with Gasteiger partial charge in [0.15, 0.2) is 0 Å².